The maximum Gasteiger partial charge on any atom is 0.0550 e. The van der Waals surface area contributed by atoms with Gasteiger partial charge in [-0.15, -0.1) is 0 Å². The summed E-state index contributed by atoms with van der Waals surface area (Å²) in [5.41, 5.74) is 6.25. The molecule has 0 radical (unpaired) electrons. The first-order chi connectivity index (χ1) is 7.19. The molecule has 2 fully saturated rings. The molecule has 0 amide bonds. The quantitative estimate of drug-likeness (QED) is 0.756. The standard InChI is InChI=1S/C12H24N2O/c1-10(7-13)12(8-15-9-12)11-3-5-14(2)6-4-11/h10-11H,3-9,13H2,1-2H3. The zero-order chi connectivity index (χ0) is 10.9. The lowest BCUT2D eigenvalue weighted by Crippen LogP contribution is -2.56. The van der Waals surface area contributed by atoms with Crippen molar-refractivity contribution < 1.29 is 4.74 Å². The number of ether oxygens (including phenoxy) is 1. The molecule has 88 valence electrons. The van der Waals surface area contributed by atoms with E-state index < -0.39 is 0 Å². The first-order valence-electron chi connectivity index (χ1n) is 6.15. The summed E-state index contributed by atoms with van der Waals surface area (Å²) in [5.74, 6) is 1.45. The van der Waals surface area contributed by atoms with E-state index in [1.165, 1.54) is 25.9 Å². The zero-order valence-electron chi connectivity index (χ0n) is 10.0. The van der Waals surface area contributed by atoms with E-state index >= 15 is 0 Å². The Balaban J connectivity index is 2.00. The molecular formula is C12H24N2O. The van der Waals surface area contributed by atoms with Crippen LogP contribution in [-0.4, -0.2) is 44.8 Å². The van der Waals surface area contributed by atoms with Gasteiger partial charge in [0, 0.05) is 5.41 Å². The monoisotopic (exact) mass is 212 g/mol. The third-order valence-electron chi connectivity index (χ3n) is 4.61. The summed E-state index contributed by atoms with van der Waals surface area (Å²) < 4.78 is 5.47. The summed E-state index contributed by atoms with van der Waals surface area (Å²) in [6.45, 7) is 7.46. The molecule has 2 aliphatic heterocycles. The van der Waals surface area contributed by atoms with Crippen molar-refractivity contribution in [2.24, 2.45) is 23.0 Å². The van der Waals surface area contributed by atoms with Crippen LogP contribution in [-0.2, 0) is 4.74 Å². The van der Waals surface area contributed by atoms with Gasteiger partial charge in [-0.25, -0.2) is 0 Å². The number of nitrogens with zero attached hydrogens (tertiary/aromatic N) is 1. The largest absolute Gasteiger partial charge is 0.380 e. The van der Waals surface area contributed by atoms with Gasteiger partial charge in [0.05, 0.1) is 13.2 Å². The van der Waals surface area contributed by atoms with Gasteiger partial charge in [-0.2, -0.15) is 0 Å². The van der Waals surface area contributed by atoms with Crippen molar-refractivity contribution in [3.05, 3.63) is 0 Å². The Morgan fingerprint density at radius 3 is 2.40 bits per heavy atom. The molecule has 0 bridgehead atoms. The molecule has 3 heteroatoms. The highest BCUT2D eigenvalue weighted by molar-refractivity contribution is 4.97. The first-order valence-corrected chi connectivity index (χ1v) is 6.15. The fraction of sp³-hybridized carbons (Fsp3) is 1.00. The molecular weight excluding hydrogens is 188 g/mol. The minimum atomic E-state index is 0.413. The third-order valence-corrected chi connectivity index (χ3v) is 4.61. The van der Waals surface area contributed by atoms with Crippen LogP contribution in [0, 0.1) is 17.3 Å². The van der Waals surface area contributed by atoms with Crippen LogP contribution in [0.1, 0.15) is 19.8 Å². The number of hydrogen-bond donors (Lipinski definition) is 1. The van der Waals surface area contributed by atoms with Gasteiger partial charge >= 0.3 is 0 Å². The Morgan fingerprint density at radius 1 is 1.40 bits per heavy atom. The summed E-state index contributed by atoms with van der Waals surface area (Å²) in [5, 5.41) is 0. The average molecular weight is 212 g/mol. The van der Waals surface area contributed by atoms with Gasteiger partial charge in [0.25, 0.3) is 0 Å². The molecule has 15 heavy (non-hydrogen) atoms. The van der Waals surface area contributed by atoms with E-state index in [0.717, 1.165) is 25.7 Å². The van der Waals surface area contributed by atoms with Crippen molar-refractivity contribution >= 4 is 0 Å². The summed E-state index contributed by atoms with van der Waals surface area (Å²) in [4.78, 5) is 2.43. The normalized spacial score (nSPS) is 29.8. The molecule has 0 aliphatic carbocycles. The lowest BCUT2D eigenvalue weighted by molar-refractivity contribution is -0.181. The van der Waals surface area contributed by atoms with Crippen molar-refractivity contribution in [3.8, 4) is 0 Å². The molecule has 2 heterocycles. The SMILES string of the molecule is CC(CN)C1(C2CCN(C)CC2)COC1. The predicted molar refractivity (Wildman–Crippen MR) is 61.7 cm³/mol. The summed E-state index contributed by atoms with van der Waals surface area (Å²) in [6, 6.07) is 0. The topological polar surface area (TPSA) is 38.5 Å². The lowest BCUT2D eigenvalue weighted by Gasteiger charge is -2.53. The third kappa shape index (κ3) is 1.93. The van der Waals surface area contributed by atoms with E-state index in [-0.39, 0.29) is 0 Å². The first kappa shape index (κ1) is 11.4. The molecule has 0 aromatic rings. The maximum atomic E-state index is 5.84. The van der Waals surface area contributed by atoms with E-state index in [4.69, 9.17) is 10.5 Å². The molecule has 2 rings (SSSR count). The smallest absolute Gasteiger partial charge is 0.0550 e. The highest BCUT2D eigenvalue weighted by Crippen LogP contribution is 2.46. The number of piperidine rings is 1. The van der Waals surface area contributed by atoms with Crippen molar-refractivity contribution in [1.82, 2.24) is 4.90 Å². The van der Waals surface area contributed by atoms with E-state index in [1.54, 1.807) is 0 Å². The number of hydrogen-bond acceptors (Lipinski definition) is 3. The Morgan fingerprint density at radius 2 is 2.00 bits per heavy atom. The summed E-state index contributed by atoms with van der Waals surface area (Å²) in [6.07, 6.45) is 2.65. The molecule has 1 atom stereocenters. The molecule has 0 saturated carbocycles. The van der Waals surface area contributed by atoms with Crippen molar-refractivity contribution in [2.75, 3.05) is 39.9 Å². The second-order valence-corrected chi connectivity index (χ2v) is 5.44. The van der Waals surface area contributed by atoms with Gasteiger partial charge in [0.15, 0.2) is 0 Å². The van der Waals surface area contributed by atoms with Crippen LogP contribution in [0.25, 0.3) is 0 Å². The van der Waals surface area contributed by atoms with Crippen LogP contribution >= 0.6 is 0 Å². The Labute approximate surface area is 93.0 Å². The van der Waals surface area contributed by atoms with Crippen LogP contribution in [0.2, 0.25) is 0 Å². The van der Waals surface area contributed by atoms with Gasteiger partial charge in [-0.05, 0) is 51.4 Å². The summed E-state index contributed by atoms with van der Waals surface area (Å²) >= 11 is 0. The number of rotatable bonds is 3. The molecule has 0 aromatic heterocycles. The fourth-order valence-corrected chi connectivity index (χ4v) is 3.08. The van der Waals surface area contributed by atoms with Gasteiger partial charge in [-0.3, -0.25) is 0 Å². The molecule has 3 nitrogen and oxygen atoms in total. The van der Waals surface area contributed by atoms with E-state index in [0.29, 0.717) is 11.3 Å². The molecule has 0 aromatic carbocycles. The van der Waals surface area contributed by atoms with E-state index in [2.05, 4.69) is 18.9 Å². The van der Waals surface area contributed by atoms with Crippen LogP contribution in [0.4, 0.5) is 0 Å². The highest BCUT2D eigenvalue weighted by atomic mass is 16.5. The number of likely N-dealkylation sites (tertiary alicyclic amines) is 1. The highest BCUT2D eigenvalue weighted by Gasteiger charge is 2.49. The van der Waals surface area contributed by atoms with Crippen molar-refractivity contribution in [1.29, 1.82) is 0 Å². The van der Waals surface area contributed by atoms with Gasteiger partial charge < -0.3 is 15.4 Å². The second-order valence-electron chi connectivity index (χ2n) is 5.44. The molecule has 2 saturated heterocycles. The Hall–Kier alpha value is -0.120. The lowest BCUT2D eigenvalue weighted by atomic mass is 9.62. The zero-order valence-corrected chi connectivity index (χ0v) is 10.0. The minimum absolute atomic E-state index is 0.413. The molecule has 0 spiro atoms. The van der Waals surface area contributed by atoms with Crippen LogP contribution in [0.3, 0.4) is 0 Å². The van der Waals surface area contributed by atoms with Gasteiger partial charge in [0.2, 0.25) is 0 Å². The number of nitrogens with two attached hydrogens (primary N) is 1. The second kappa shape index (κ2) is 4.40. The Kier molecular flexibility index (Phi) is 3.33. The van der Waals surface area contributed by atoms with Crippen LogP contribution in [0.15, 0.2) is 0 Å². The van der Waals surface area contributed by atoms with Crippen LogP contribution in [0.5, 0.6) is 0 Å². The summed E-state index contributed by atoms with van der Waals surface area (Å²) in [7, 11) is 2.21. The van der Waals surface area contributed by atoms with Gasteiger partial charge in [0.1, 0.15) is 0 Å². The predicted octanol–water partition coefficient (Wildman–Crippen LogP) is 0.940. The minimum Gasteiger partial charge on any atom is -0.380 e. The van der Waals surface area contributed by atoms with Crippen molar-refractivity contribution in [2.45, 2.75) is 19.8 Å². The maximum absolute atomic E-state index is 5.84. The van der Waals surface area contributed by atoms with Crippen LogP contribution < -0.4 is 5.73 Å². The van der Waals surface area contributed by atoms with E-state index in [1.807, 2.05) is 0 Å². The van der Waals surface area contributed by atoms with Gasteiger partial charge in [-0.1, -0.05) is 6.92 Å². The van der Waals surface area contributed by atoms with Crippen molar-refractivity contribution in [3.63, 3.8) is 0 Å². The Bertz CT molecular complexity index is 208. The molecule has 2 N–H and O–H groups in total. The average Bonchev–Trinajstić information content (AvgIpc) is 2.19. The fourth-order valence-electron chi connectivity index (χ4n) is 3.08. The van der Waals surface area contributed by atoms with E-state index in [9.17, 15) is 0 Å². The molecule has 2 aliphatic rings. The molecule has 1 unspecified atom stereocenters.